The zero-order chi connectivity index (χ0) is 12.1. The summed E-state index contributed by atoms with van der Waals surface area (Å²) in [5.74, 6) is 0. The highest BCUT2D eigenvalue weighted by Crippen LogP contribution is 2.08. The van der Waals surface area contributed by atoms with Gasteiger partial charge in [0.05, 0.1) is 0 Å². The molecule has 94 valence electrons. The van der Waals surface area contributed by atoms with E-state index in [2.05, 4.69) is 15.0 Å². The quantitative estimate of drug-likeness (QED) is 0.822. The number of sulfonamides is 1. The zero-order valence-electron chi connectivity index (χ0n) is 9.59. The molecular weight excluding hydrogens is 238 g/mol. The predicted octanol–water partition coefficient (Wildman–Crippen LogP) is 0.502. The van der Waals surface area contributed by atoms with E-state index in [0.29, 0.717) is 6.54 Å². The molecule has 0 spiro atoms. The predicted molar refractivity (Wildman–Crippen MR) is 65.1 cm³/mol. The molecule has 2 N–H and O–H groups in total. The Balaban J connectivity index is 1.94. The molecule has 1 fully saturated rings. The second-order valence-corrected chi connectivity index (χ2v) is 5.95. The van der Waals surface area contributed by atoms with Gasteiger partial charge in [0.2, 0.25) is 10.0 Å². The molecule has 2 rings (SSSR count). The van der Waals surface area contributed by atoms with E-state index in [0.717, 1.165) is 19.4 Å². The van der Waals surface area contributed by atoms with E-state index < -0.39 is 10.0 Å². The average molecular weight is 255 g/mol. The normalized spacial score (nSPS) is 21.3. The van der Waals surface area contributed by atoms with Crippen molar-refractivity contribution in [2.24, 2.45) is 0 Å². The average Bonchev–Trinajstić information content (AvgIpc) is 2.39. The van der Waals surface area contributed by atoms with Crippen molar-refractivity contribution in [1.82, 2.24) is 15.0 Å². The van der Waals surface area contributed by atoms with Crippen molar-refractivity contribution in [3.05, 3.63) is 24.5 Å². The molecule has 0 aliphatic carbocycles. The summed E-state index contributed by atoms with van der Waals surface area (Å²) < 4.78 is 26.4. The van der Waals surface area contributed by atoms with Crippen molar-refractivity contribution in [3.8, 4) is 0 Å². The third-order valence-corrected chi connectivity index (χ3v) is 4.29. The summed E-state index contributed by atoms with van der Waals surface area (Å²) in [5.41, 5.74) is 0. The second-order valence-electron chi connectivity index (χ2n) is 4.19. The van der Waals surface area contributed by atoms with E-state index in [1.165, 1.54) is 12.6 Å². The summed E-state index contributed by atoms with van der Waals surface area (Å²) in [5, 5.41) is 3.30. The van der Waals surface area contributed by atoms with Gasteiger partial charge >= 0.3 is 0 Å². The van der Waals surface area contributed by atoms with Crippen LogP contribution in [0.5, 0.6) is 0 Å². The first kappa shape index (κ1) is 12.5. The number of hydrogen-bond donors (Lipinski definition) is 2. The molecule has 1 aliphatic rings. The van der Waals surface area contributed by atoms with Crippen LogP contribution >= 0.6 is 0 Å². The Labute approximate surface area is 102 Å². The van der Waals surface area contributed by atoms with Gasteiger partial charge in [-0.25, -0.2) is 13.1 Å². The first-order valence-corrected chi connectivity index (χ1v) is 7.30. The van der Waals surface area contributed by atoms with Crippen LogP contribution in [0.4, 0.5) is 0 Å². The number of pyridine rings is 1. The smallest absolute Gasteiger partial charge is 0.242 e. The molecule has 1 atom stereocenters. The van der Waals surface area contributed by atoms with E-state index in [1.54, 1.807) is 18.3 Å². The number of aromatic nitrogens is 1. The molecule has 1 unspecified atom stereocenters. The van der Waals surface area contributed by atoms with Crippen molar-refractivity contribution in [1.29, 1.82) is 0 Å². The Morgan fingerprint density at radius 3 is 3.00 bits per heavy atom. The lowest BCUT2D eigenvalue weighted by molar-refractivity contribution is 0.398. The fraction of sp³-hybridized carbons (Fsp3) is 0.545. The van der Waals surface area contributed by atoms with E-state index in [-0.39, 0.29) is 10.9 Å². The summed E-state index contributed by atoms with van der Waals surface area (Å²) in [4.78, 5) is 4.03. The monoisotopic (exact) mass is 255 g/mol. The van der Waals surface area contributed by atoms with Crippen LogP contribution < -0.4 is 10.0 Å². The van der Waals surface area contributed by atoms with E-state index in [9.17, 15) is 8.42 Å². The Morgan fingerprint density at radius 1 is 1.47 bits per heavy atom. The minimum absolute atomic E-state index is 0.218. The fourth-order valence-electron chi connectivity index (χ4n) is 1.90. The molecule has 0 bridgehead atoms. The van der Waals surface area contributed by atoms with Crippen LogP contribution in [0.1, 0.15) is 19.3 Å². The molecule has 6 heteroatoms. The summed E-state index contributed by atoms with van der Waals surface area (Å²) in [6.07, 6.45) is 6.27. The maximum atomic E-state index is 11.9. The number of piperidine rings is 1. The minimum atomic E-state index is -3.41. The summed E-state index contributed by atoms with van der Waals surface area (Å²) in [6.45, 7) is 1.41. The van der Waals surface area contributed by atoms with Crippen molar-refractivity contribution in [2.75, 3.05) is 13.1 Å². The SMILES string of the molecule is O=S(=O)(NCC1CCCCN1)c1cccnc1. The van der Waals surface area contributed by atoms with Crippen LogP contribution in [0.3, 0.4) is 0 Å². The highest BCUT2D eigenvalue weighted by atomic mass is 32.2. The molecule has 0 aromatic carbocycles. The van der Waals surface area contributed by atoms with E-state index in [4.69, 9.17) is 0 Å². The lowest BCUT2D eigenvalue weighted by Crippen LogP contribution is -2.43. The number of nitrogens with one attached hydrogen (secondary N) is 2. The molecule has 0 amide bonds. The van der Waals surface area contributed by atoms with Crippen molar-refractivity contribution in [2.45, 2.75) is 30.2 Å². The minimum Gasteiger partial charge on any atom is -0.313 e. The molecule has 2 heterocycles. The van der Waals surface area contributed by atoms with E-state index >= 15 is 0 Å². The van der Waals surface area contributed by atoms with Crippen molar-refractivity contribution in [3.63, 3.8) is 0 Å². The van der Waals surface area contributed by atoms with Crippen LogP contribution in [0.25, 0.3) is 0 Å². The molecule has 1 saturated heterocycles. The van der Waals surface area contributed by atoms with Crippen LogP contribution in [0.15, 0.2) is 29.4 Å². The Hall–Kier alpha value is -0.980. The van der Waals surface area contributed by atoms with Gasteiger partial charge in [0.1, 0.15) is 4.90 Å². The van der Waals surface area contributed by atoms with Crippen LogP contribution in [0.2, 0.25) is 0 Å². The second kappa shape index (κ2) is 5.57. The fourth-order valence-corrected chi connectivity index (χ4v) is 2.94. The summed E-state index contributed by atoms with van der Waals surface area (Å²) in [6, 6.07) is 3.41. The largest absolute Gasteiger partial charge is 0.313 e. The number of hydrogen-bond acceptors (Lipinski definition) is 4. The molecule has 1 aromatic heterocycles. The number of rotatable bonds is 4. The highest BCUT2D eigenvalue weighted by Gasteiger charge is 2.18. The van der Waals surface area contributed by atoms with Gasteiger partial charge in [-0.1, -0.05) is 6.42 Å². The zero-order valence-corrected chi connectivity index (χ0v) is 10.4. The lowest BCUT2D eigenvalue weighted by Gasteiger charge is -2.23. The highest BCUT2D eigenvalue weighted by molar-refractivity contribution is 7.89. The van der Waals surface area contributed by atoms with E-state index in [1.807, 2.05) is 0 Å². The molecular formula is C11H17N3O2S. The van der Waals surface area contributed by atoms with Crippen LogP contribution in [-0.2, 0) is 10.0 Å². The Morgan fingerprint density at radius 2 is 2.35 bits per heavy atom. The van der Waals surface area contributed by atoms with Gasteiger partial charge in [-0.2, -0.15) is 0 Å². The van der Waals surface area contributed by atoms with Gasteiger partial charge < -0.3 is 5.32 Å². The van der Waals surface area contributed by atoms with Crippen molar-refractivity contribution >= 4 is 10.0 Å². The van der Waals surface area contributed by atoms with Gasteiger partial charge in [-0.05, 0) is 31.5 Å². The lowest BCUT2D eigenvalue weighted by atomic mass is 10.1. The Kier molecular flexibility index (Phi) is 4.09. The first-order valence-electron chi connectivity index (χ1n) is 5.81. The molecule has 0 saturated carbocycles. The summed E-state index contributed by atoms with van der Waals surface area (Å²) >= 11 is 0. The molecule has 1 aliphatic heterocycles. The maximum absolute atomic E-state index is 11.9. The van der Waals surface area contributed by atoms with Gasteiger partial charge in [0.25, 0.3) is 0 Å². The molecule has 1 aromatic rings. The maximum Gasteiger partial charge on any atom is 0.242 e. The summed E-state index contributed by atoms with van der Waals surface area (Å²) in [7, 11) is -3.41. The molecule has 17 heavy (non-hydrogen) atoms. The van der Waals surface area contributed by atoms with Crippen molar-refractivity contribution < 1.29 is 8.42 Å². The standard InChI is InChI=1S/C11H17N3O2S/c15-17(16,11-5-3-6-12-9-11)14-8-10-4-1-2-7-13-10/h3,5-6,9-10,13-14H,1-2,4,7-8H2. The van der Waals surface area contributed by atoms with Gasteiger partial charge in [-0.15, -0.1) is 0 Å². The first-order chi connectivity index (χ1) is 8.18. The van der Waals surface area contributed by atoms with Crippen LogP contribution in [-0.4, -0.2) is 32.5 Å². The topological polar surface area (TPSA) is 71.1 Å². The van der Waals surface area contributed by atoms with Gasteiger partial charge in [0, 0.05) is 25.0 Å². The molecule has 5 nitrogen and oxygen atoms in total. The van der Waals surface area contributed by atoms with Gasteiger partial charge in [0.15, 0.2) is 0 Å². The third kappa shape index (κ3) is 3.49. The molecule has 0 radical (unpaired) electrons. The Bertz CT molecular complexity index is 441. The number of nitrogens with zero attached hydrogens (tertiary/aromatic N) is 1. The van der Waals surface area contributed by atoms with Crippen LogP contribution in [0, 0.1) is 0 Å². The third-order valence-electron chi connectivity index (χ3n) is 2.88. The van der Waals surface area contributed by atoms with Gasteiger partial charge in [-0.3, -0.25) is 4.98 Å².